The van der Waals surface area contributed by atoms with Crippen molar-refractivity contribution < 1.29 is 22.3 Å². The quantitative estimate of drug-likeness (QED) is 0.605. The average Bonchev–Trinajstić information content (AvgIpc) is 3.23. The monoisotopic (exact) mass is 443 g/mol. The van der Waals surface area contributed by atoms with E-state index in [9.17, 15) is 22.3 Å². The molecule has 1 amide bonds. The molecule has 160 valence electrons. The Labute approximate surface area is 179 Å². The van der Waals surface area contributed by atoms with E-state index in [0.29, 0.717) is 11.3 Å². The van der Waals surface area contributed by atoms with Gasteiger partial charge in [-0.1, -0.05) is 16.3 Å². The van der Waals surface area contributed by atoms with Crippen molar-refractivity contribution in [2.24, 2.45) is 5.92 Å². The van der Waals surface area contributed by atoms with Crippen molar-refractivity contribution in [1.82, 2.24) is 9.29 Å². The Morgan fingerprint density at radius 3 is 2.32 bits per heavy atom. The van der Waals surface area contributed by atoms with E-state index in [0.717, 1.165) is 0 Å². The minimum atomic E-state index is -3.94. The number of nitrogens with zero attached hydrogens (tertiary/aromatic N) is 2. The molecule has 1 aromatic heterocycles. The first kappa shape index (κ1) is 21.2. The number of sulfonamides is 1. The van der Waals surface area contributed by atoms with Crippen LogP contribution in [0.15, 0.2) is 78.0 Å². The third-order valence-electron chi connectivity index (χ3n) is 5.23. The van der Waals surface area contributed by atoms with E-state index >= 15 is 0 Å². The van der Waals surface area contributed by atoms with Gasteiger partial charge in [0.05, 0.1) is 24.7 Å². The molecule has 1 fully saturated rings. The maximum Gasteiger partial charge on any atom is 0.229 e. The zero-order valence-electron chi connectivity index (χ0n) is 16.3. The second-order valence-corrected chi connectivity index (χ2v) is 9.15. The zero-order valence-corrected chi connectivity index (χ0v) is 17.1. The summed E-state index contributed by atoms with van der Waals surface area (Å²) in [4.78, 5) is 16.7. The normalized spacial score (nSPS) is 20.9. The molecule has 0 bridgehead atoms. The molecule has 2 aromatic carbocycles. The minimum absolute atomic E-state index is 0.0155. The smallest absolute Gasteiger partial charge is 0.229 e. The molecule has 1 aliphatic rings. The molecule has 1 aliphatic heterocycles. The Hall–Kier alpha value is -3.01. The summed E-state index contributed by atoms with van der Waals surface area (Å²) in [5.41, 5.74) is 1.00. The molecule has 4 rings (SSSR count). The van der Waals surface area contributed by atoms with Crippen LogP contribution in [0, 0.1) is 17.6 Å². The van der Waals surface area contributed by atoms with Gasteiger partial charge in [0.15, 0.2) is 15.3 Å². The Bertz CT molecular complexity index is 1110. The van der Waals surface area contributed by atoms with Gasteiger partial charge in [0.2, 0.25) is 5.91 Å². The molecule has 0 saturated carbocycles. The lowest BCUT2D eigenvalue weighted by atomic mass is 9.99. The molecule has 0 aliphatic carbocycles. The molecule has 3 aromatic rings. The standard InChI is InChI=1S/C22H19F2N3O3S/c23-17-5-3-15(4-6-17)21-12-16(22(28)26-19-9-7-18(24)8-10-19)14-27(21)31(29,30)20-2-1-11-25-13-20/h1-11,13,16,21H,12,14H2,(H-,26,28,29,30)/t16-,21+/m1/s1. The van der Waals surface area contributed by atoms with Crippen molar-refractivity contribution in [2.75, 3.05) is 11.9 Å². The number of aromatic nitrogens is 1. The number of rotatable bonds is 5. The van der Waals surface area contributed by atoms with Gasteiger partial charge in [-0.05, 0) is 60.5 Å². The number of carbonyl (C=O) groups excluding carboxylic acids is 1. The highest BCUT2D eigenvalue weighted by molar-refractivity contribution is 7.95. The lowest BCUT2D eigenvalue weighted by Gasteiger charge is -2.28. The van der Waals surface area contributed by atoms with Crippen molar-refractivity contribution in [1.29, 1.82) is 0 Å². The zero-order chi connectivity index (χ0) is 22.0. The van der Waals surface area contributed by atoms with Crippen LogP contribution in [0.3, 0.4) is 0 Å². The first-order valence-corrected chi connectivity index (χ1v) is 11.0. The summed E-state index contributed by atoms with van der Waals surface area (Å²) in [5.74, 6) is -1.88. The van der Waals surface area contributed by atoms with E-state index in [-0.39, 0.29) is 23.8 Å². The lowest BCUT2D eigenvalue weighted by molar-refractivity contribution is -0.119. The number of nitrogens with one attached hydrogen (secondary N) is 1. The number of anilines is 1. The molecule has 1 unspecified atom stereocenters. The van der Waals surface area contributed by atoms with Crippen molar-refractivity contribution in [3.63, 3.8) is 0 Å². The summed E-state index contributed by atoms with van der Waals surface area (Å²) >= 11 is 0. The van der Waals surface area contributed by atoms with Gasteiger partial charge >= 0.3 is 0 Å². The Morgan fingerprint density at radius 1 is 1.06 bits per heavy atom. The maximum absolute atomic E-state index is 13.4. The number of pyridine rings is 1. The van der Waals surface area contributed by atoms with E-state index in [4.69, 9.17) is 0 Å². The largest absolute Gasteiger partial charge is 0.593 e. The van der Waals surface area contributed by atoms with Gasteiger partial charge in [0.25, 0.3) is 0 Å². The summed E-state index contributed by atoms with van der Waals surface area (Å²) in [5, 5.41) is 2.70. The van der Waals surface area contributed by atoms with Gasteiger partial charge in [0, 0.05) is 11.9 Å². The molecule has 2 heterocycles. The predicted octanol–water partition coefficient (Wildman–Crippen LogP) is 3.97. The van der Waals surface area contributed by atoms with Crippen molar-refractivity contribution in [2.45, 2.75) is 17.4 Å². The molecule has 9 heteroatoms. The molecule has 1 N–H and O–H groups in total. The van der Waals surface area contributed by atoms with E-state index < -0.39 is 34.0 Å². The fourth-order valence-corrected chi connectivity index (χ4v) is 5.30. The van der Waals surface area contributed by atoms with Crippen molar-refractivity contribution in [3.05, 3.63) is 90.3 Å². The fraction of sp³-hybridized carbons (Fsp3) is 0.182. The number of amides is 1. The Balaban J connectivity index is 1.63. The van der Waals surface area contributed by atoms with E-state index in [1.165, 1.54) is 77.4 Å². The van der Waals surface area contributed by atoms with Crippen LogP contribution in [0.2, 0.25) is 0 Å². The number of hydrogen-bond acceptors (Lipinski definition) is 4. The van der Waals surface area contributed by atoms with Gasteiger partial charge in [-0.3, -0.25) is 9.78 Å². The molecule has 0 spiro atoms. The van der Waals surface area contributed by atoms with Crippen molar-refractivity contribution >= 4 is 22.0 Å². The van der Waals surface area contributed by atoms with Crippen LogP contribution >= 0.6 is 0 Å². The predicted molar refractivity (Wildman–Crippen MR) is 110 cm³/mol. The number of halogens is 2. The van der Waals surface area contributed by atoms with Crippen LogP contribution in [0.4, 0.5) is 14.5 Å². The van der Waals surface area contributed by atoms with Crippen LogP contribution < -0.4 is 5.32 Å². The van der Waals surface area contributed by atoms with Crippen LogP contribution in [-0.4, -0.2) is 26.3 Å². The SMILES string of the molecule is O=C(Nc1ccc(F)cc1)[C@@H]1C[C@@H](c2ccc(F)cc2)N([S+](=O)([O-])c2cccnc2)C1. The summed E-state index contributed by atoms with van der Waals surface area (Å²) < 4.78 is 54.4. The third-order valence-corrected chi connectivity index (χ3v) is 7.09. The van der Waals surface area contributed by atoms with Crippen LogP contribution in [0.5, 0.6) is 0 Å². The highest BCUT2D eigenvalue weighted by Gasteiger charge is 2.47. The Morgan fingerprint density at radius 2 is 1.71 bits per heavy atom. The molecule has 0 radical (unpaired) electrons. The summed E-state index contributed by atoms with van der Waals surface area (Å²) in [6.45, 7) is -0.0493. The number of benzene rings is 2. The Kier molecular flexibility index (Phi) is 5.90. The average molecular weight is 443 g/mol. The topological polar surface area (TPSA) is 85.4 Å². The van der Waals surface area contributed by atoms with Gasteiger partial charge in [-0.2, -0.15) is 0 Å². The first-order chi connectivity index (χ1) is 14.8. The van der Waals surface area contributed by atoms with E-state index in [2.05, 4.69) is 10.3 Å². The summed E-state index contributed by atoms with van der Waals surface area (Å²) in [6, 6.07) is 13.2. The molecule has 3 atom stereocenters. The molecule has 1 saturated heterocycles. The van der Waals surface area contributed by atoms with E-state index in [1.807, 2.05) is 0 Å². The second-order valence-electron chi connectivity index (χ2n) is 7.26. The minimum Gasteiger partial charge on any atom is -0.593 e. The summed E-state index contributed by atoms with van der Waals surface area (Å²) in [7, 11) is -3.94. The molecule has 6 nitrogen and oxygen atoms in total. The second kappa shape index (κ2) is 8.62. The van der Waals surface area contributed by atoms with Crippen LogP contribution in [0.25, 0.3) is 0 Å². The fourth-order valence-electron chi connectivity index (χ4n) is 3.66. The van der Waals surface area contributed by atoms with Gasteiger partial charge in [-0.25, -0.2) is 8.78 Å². The van der Waals surface area contributed by atoms with Gasteiger partial charge in [-0.15, -0.1) is 4.31 Å². The molecular formula is C22H19F2N3O3S. The highest BCUT2D eigenvalue weighted by atomic mass is 32.3. The van der Waals surface area contributed by atoms with Crippen LogP contribution in [0.1, 0.15) is 18.0 Å². The van der Waals surface area contributed by atoms with Gasteiger partial charge in [0.1, 0.15) is 11.6 Å². The molecular weight excluding hydrogens is 424 g/mol. The third kappa shape index (κ3) is 4.53. The maximum atomic E-state index is 13.4. The summed E-state index contributed by atoms with van der Waals surface area (Å²) in [6.07, 6.45) is 2.94. The van der Waals surface area contributed by atoms with Crippen LogP contribution in [-0.2, 0) is 19.4 Å². The van der Waals surface area contributed by atoms with Gasteiger partial charge < -0.3 is 9.87 Å². The first-order valence-electron chi connectivity index (χ1n) is 9.58. The van der Waals surface area contributed by atoms with Crippen molar-refractivity contribution in [3.8, 4) is 0 Å². The molecule has 31 heavy (non-hydrogen) atoms. The number of hydrogen-bond donors (Lipinski definition) is 1. The lowest BCUT2D eigenvalue weighted by Crippen LogP contribution is -2.37. The number of carbonyl (C=O) groups is 1. The van der Waals surface area contributed by atoms with E-state index in [1.54, 1.807) is 0 Å². The highest BCUT2D eigenvalue weighted by Crippen LogP contribution is 2.41.